The second-order valence-corrected chi connectivity index (χ2v) is 5.04. The Morgan fingerprint density at radius 2 is 2.29 bits per heavy atom. The molecule has 1 atom stereocenters. The van der Waals surface area contributed by atoms with Crippen LogP contribution in [-0.4, -0.2) is 12.0 Å². The van der Waals surface area contributed by atoms with Gasteiger partial charge in [0, 0.05) is 11.1 Å². The van der Waals surface area contributed by atoms with E-state index in [-0.39, 0.29) is 6.04 Å². The van der Waals surface area contributed by atoms with Gasteiger partial charge in [0.1, 0.15) is 0 Å². The number of aromatic nitrogens is 1. The molecule has 1 heterocycles. The SMILES string of the molecule is CCCc1cccc(C(NC)c2cncs2)c1. The van der Waals surface area contributed by atoms with Gasteiger partial charge >= 0.3 is 0 Å². The summed E-state index contributed by atoms with van der Waals surface area (Å²) in [6.07, 6.45) is 4.28. The second-order valence-electron chi connectivity index (χ2n) is 4.12. The average Bonchev–Trinajstić information content (AvgIpc) is 2.85. The van der Waals surface area contributed by atoms with Crippen LogP contribution in [-0.2, 0) is 6.42 Å². The zero-order valence-corrected chi connectivity index (χ0v) is 11.1. The van der Waals surface area contributed by atoms with E-state index in [1.54, 1.807) is 11.3 Å². The highest BCUT2D eigenvalue weighted by Crippen LogP contribution is 2.25. The molecule has 1 N–H and O–H groups in total. The van der Waals surface area contributed by atoms with E-state index in [9.17, 15) is 0 Å². The van der Waals surface area contributed by atoms with Crippen molar-refractivity contribution in [3.05, 3.63) is 52.0 Å². The molecule has 90 valence electrons. The molecule has 0 saturated carbocycles. The molecule has 2 nitrogen and oxygen atoms in total. The molecule has 1 aromatic heterocycles. The Labute approximate surface area is 107 Å². The van der Waals surface area contributed by atoms with Crippen LogP contribution in [0.4, 0.5) is 0 Å². The van der Waals surface area contributed by atoms with E-state index in [4.69, 9.17) is 0 Å². The lowest BCUT2D eigenvalue weighted by molar-refractivity contribution is 0.700. The molecular formula is C14H18N2S. The van der Waals surface area contributed by atoms with Crippen LogP contribution in [0.5, 0.6) is 0 Å². The zero-order chi connectivity index (χ0) is 12.1. The molecular weight excluding hydrogens is 228 g/mol. The summed E-state index contributed by atoms with van der Waals surface area (Å²) in [5, 5.41) is 3.36. The molecule has 2 aromatic rings. The van der Waals surface area contributed by atoms with Crippen molar-refractivity contribution >= 4 is 11.3 Å². The summed E-state index contributed by atoms with van der Waals surface area (Å²) in [6.45, 7) is 2.21. The molecule has 0 radical (unpaired) electrons. The quantitative estimate of drug-likeness (QED) is 0.874. The predicted octanol–water partition coefficient (Wildman–Crippen LogP) is 3.40. The van der Waals surface area contributed by atoms with Crippen molar-refractivity contribution < 1.29 is 0 Å². The second kappa shape index (κ2) is 5.94. The van der Waals surface area contributed by atoms with Crippen LogP contribution in [0.3, 0.4) is 0 Å². The number of nitrogens with one attached hydrogen (secondary N) is 1. The Morgan fingerprint density at radius 1 is 1.41 bits per heavy atom. The first kappa shape index (κ1) is 12.3. The van der Waals surface area contributed by atoms with Crippen molar-refractivity contribution in [1.82, 2.24) is 10.3 Å². The van der Waals surface area contributed by atoms with Crippen LogP contribution < -0.4 is 5.32 Å². The maximum Gasteiger partial charge on any atom is 0.0794 e. The van der Waals surface area contributed by atoms with E-state index in [1.807, 2.05) is 18.8 Å². The number of hydrogen-bond donors (Lipinski definition) is 1. The number of thiazole rings is 1. The third kappa shape index (κ3) is 2.93. The minimum Gasteiger partial charge on any atom is -0.309 e. The summed E-state index contributed by atoms with van der Waals surface area (Å²) in [7, 11) is 2.00. The summed E-state index contributed by atoms with van der Waals surface area (Å²) < 4.78 is 0. The number of rotatable bonds is 5. The van der Waals surface area contributed by atoms with Gasteiger partial charge < -0.3 is 5.32 Å². The fourth-order valence-corrected chi connectivity index (χ4v) is 2.81. The number of nitrogens with zero attached hydrogens (tertiary/aromatic N) is 1. The standard InChI is InChI=1S/C14H18N2S/c1-3-5-11-6-4-7-12(8-11)14(15-2)13-9-16-10-17-13/h4,6-10,14-15H,3,5H2,1-2H3. The molecule has 1 unspecified atom stereocenters. The number of hydrogen-bond acceptors (Lipinski definition) is 3. The molecule has 0 saturated heterocycles. The van der Waals surface area contributed by atoms with Gasteiger partial charge in [-0.05, 0) is 24.6 Å². The molecule has 2 rings (SSSR count). The molecule has 0 aliphatic rings. The van der Waals surface area contributed by atoms with Crippen LogP contribution in [0.15, 0.2) is 36.0 Å². The van der Waals surface area contributed by atoms with Crippen LogP contribution in [0.2, 0.25) is 0 Å². The van der Waals surface area contributed by atoms with Crippen molar-refractivity contribution in [2.45, 2.75) is 25.8 Å². The number of benzene rings is 1. The maximum absolute atomic E-state index is 4.15. The first-order chi connectivity index (χ1) is 8.35. The molecule has 0 fully saturated rings. The highest BCUT2D eigenvalue weighted by Gasteiger charge is 2.13. The fourth-order valence-electron chi connectivity index (χ4n) is 2.06. The van der Waals surface area contributed by atoms with Gasteiger partial charge in [-0.15, -0.1) is 11.3 Å². The van der Waals surface area contributed by atoms with Gasteiger partial charge in [0.25, 0.3) is 0 Å². The van der Waals surface area contributed by atoms with E-state index in [0.717, 1.165) is 6.42 Å². The molecule has 0 aliphatic carbocycles. The first-order valence-electron chi connectivity index (χ1n) is 5.99. The van der Waals surface area contributed by atoms with Crippen molar-refractivity contribution in [3.8, 4) is 0 Å². The minimum atomic E-state index is 0.263. The molecule has 0 bridgehead atoms. The lowest BCUT2D eigenvalue weighted by atomic mass is 10.0. The minimum absolute atomic E-state index is 0.263. The summed E-state index contributed by atoms with van der Waals surface area (Å²) in [6, 6.07) is 9.09. The third-order valence-corrected chi connectivity index (χ3v) is 3.69. The fraction of sp³-hybridized carbons (Fsp3) is 0.357. The van der Waals surface area contributed by atoms with Gasteiger partial charge in [-0.2, -0.15) is 0 Å². The number of aryl methyl sites for hydroxylation is 1. The van der Waals surface area contributed by atoms with Crippen molar-refractivity contribution in [2.24, 2.45) is 0 Å². The molecule has 0 amide bonds. The van der Waals surface area contributed by atoms with Crippen LogP contribution in [0, 0.1) is 0 Å². The summed E-state index contributed by atoms with van der Waals surface area (Å²) in [5.41, 5.74) is 4.62. The van der Waals surface area contributed by atoms with Gasteiger partial charge in [-0.3, -0.25) is 4.98 Å². The Bertz CT molecular complexity index is 451. The Hall–Kier alpha value is -1.19. The normalized spacial score (nSPS) is 12.6. The lowest BCUT2D eigenvalue weighted by Crippen LogP contribution is -2.16. The Morgan fingerprint density at radius 3 is 2.94 bits per heavy atom. The first-order valence-corrected chi connectivity index (χ1v) is 6.87. The van der Waals surface area contributed by atoms with Gasteiger partial charge in [0.15, 0.2) is 0 Å². The van der Waals surface area contributed by atoms with E-state index in [1.165, 1.54) is 22.4 Å². The highest BCUT2D eigenvalue weighted by atomic mass is 32.1. The summed E-state index contributed by atoms with van der Waals surface area (Å²) >= 11 is 1.70. The highest BCUT2D eigenvalue weighted by molar-refractivity contribution is 7.09. The van der Waals surface area contributed by atoms with Gasteiger partial charge in [0.2, 0.25) is 0 Å². The smallest absolute Gasteiger partial charge is 0.0794 e. The monoisotopic (exact) mass is 246 g/mol. The molecule has 0 spiro atoms. The van der Waals surface area contributed by atoms with Crippen LogP contribution in [0.25, 0.3) is 0 Å². The van der Waals surface area contributed by atoms with E-state index >= 15 is 0 Å². The Balaban J connectivity index is 2.28. The van der Waals surface area contributed by atoms with Crippen LogP contribution >= 0.6 is 11.3 Å². The van der Waals surface area contributed by atoms with Crippen LogP contribution in [0.1, 0.15) is 35.4 Å². The zero-order valence-electron chi connectivity index (χ0n) is 10.3. The summed E-state index contributed by atoms with van der Waals surface area (Å²) in [4.78, 5) is 5.42. The lowest BCUT2D eigenvalue weighted by Gasteiger charge is -2.15. The topological polar surface area (TPSA) is 24.9 Å². The van der Waals surface area contributed by atoms with Gasteiger partial charge in [0.05, 0.1) is 11.6 Å². The molecule has 17 heavy (non-hydrogen) atoms. The van der Waals surface area contributed by atoms with Crippen molar-refractivity contribution in [3.63, 3.8) is 0 Å². The third-order valence-electron chi connectivity index (χ3n) is 2.85. The molecule has 0 aliphatic heterocycles. The maximum atomic E-state index is 4.15. The van der Waals surface area contributed by atoms with Gasteiger partial charge in [-0.1, -0.05) is 37.6 Å². The molecule has 1 aromatic carbocycles. The van der Waals surface area contributed by atoms with E-state index in [0.29, 0.717) is 0 Å². The van der Waals surface area contributed by atoms with E-state index in [2.05, 4.69) is 41.5 Å². The van der Waals surface area contributed by atoms with Crippen molar-refractivity contribution in [1.29, 1.82) is 0 Å². The average molecular weight is 246 g/mol. The Kier molecular flexibility index (Phi) is 4.29. The molecule has 3 heteroatoms. The van der Waals surface area contributed by atoms with E-state index < -0.39 is 0 Å². The summed E-state index contributed by atoms with van der Waals surface area (Å²) in [5.74, 6) is 0. The largest absolute Gasteiger partial charge is 0.309 e. The van der Waals surface area contributed by atoms with Gasteiger partial charge in [-0.25, -0.2) is 0 Å². The van der Waals surface area contributed by atoms with Crippen molar-refractivity contribution in [2.75, 3.05) is 7.05 Å². The predicted molar refractivity (Wildman–Crippen MR) is 73.5 cm³/mol.